The van der Waals surface area contributed by atoms with Crippen molar-refractivity contribution in [3.63, 3.8) is 0 Å². The molecular formula is C12H16N2OS. The maximum absolute atomic E-state index is 9.03. The molecule has 1 fully saturated rings. The van der Waals surface area contributed by atoms with Crippen molar-refractivity contribution >= 4 is 11.3 Å². The maximum atomic E-state index is 9.03. The minimum atomic E-state index is 0.158. The van der Waals surface area contributed by atoms with Gasteiger partial charge in [-0.05, 0) is 31.7 Å². The summed E-state index contributed by atoms with van der Waals surface area (Å²) >= 11 is 1.62. The number of hydrogen-bond donors (Lipinski definition) is 2. The Kier molecular flexibility index (Phi) is 3.59. The highest BCUT2D eigenvalue weighted by Crippen LogP contribution is 2.35. The molecule has 3 nitrogen and oxygen atoms in total. The number of nitrogens with zero attached hydrogens (tertiary/aromatic N) is 1. The summed E-state index contributed by atoms with van der Waals surface area (Å²) in [5, 5.41) is 23.2. The number of hydrogen-bond acceptors (Lipinski definition) is 4. The molecule has 16 heavy (non-hydrogen) atoms. The van der Waals surface area contributed by atoms with Crippen LogP contribution in [0.1, 0.15) is 36.1 Å². The molecule has 0 radical (unpaired) electrons. The summed E-state index contributed by atoms with van der Waals surface area (Å²) in [4.78, 5) is 1.20. The summed E-state index contributed by atoms with van der Waals surface area (Å²) in [7, 11) is 0. The van der Waals surface area contributed by atoms with Crippen LogP contribution in [0.25, 0.3) is 0 Å². The molecule has 0 bridgehead atoms. The SMILES string of the molecule is N#Cc1csc(CNC2(CCO)CCC2)c1. The number of aliphatic hydroxyl groups excluding tert-OH is 1. The van der Waals surface area contributed by atoms with Gasteiger partial charge in [-0.25, -0.2) is 0 Å². The molecule has 0 atom stereocenters. The van der Waals surface area contributed by atoms with Crippen molar-refractivity contribution in [2.24, 2.45) is 0 Å². The van der Waals surface area contributed by atoms with E-state index in [4.69, 9.17) is 10.4 Å². The molecule has 1 aliphatic carbocycles. The first kappa shape index (κ1) is 11.6. The highest BCUT2D eigenvalue weighted by atomic mass is 32.1. The minimum absolute atomic E-state index is 0.158. The summed E-state index contributed by atoms with van der Waals surface area (Å²) < 4.78 is 0. The van der Waals surface area contributed by atoms with Gasteiger partial charge in [0.15, 0.2) is 0 Å². The van der Waals surface area contributed by atoms with Crippen LogP contribution in [-0.4, -0.2) is 17.3 Å². The maximum Gasteiger partial charge on any atom is 0.100 e. The van der Waals surface area contributed by atoms with E-state index in [1.165, 1.54) is 11.3 Å². The molecule has 4 heteroatoms. The van der Waals surface area contributed by atoms with E-state index in [-0.39, 0.29) is 12.1 Å². The fraction of sp³-hybridized carbons (Fsp3) is 0.583. The van der Waals surface area contributed by atoms with Gasteiger partial charge in [0.05, 0.1) is 5.56 Å². The number of thiophene rings is 1. The summed E-state index contributed by atoms with van der Waals surface area (Å²) in [6, 6.07) is 4.07. The zero-order valence-corrected chi connectivity index (χ0v) is 10.0. The van der Waals surface area contributed by atoms with Crippen LogP contribution < -0.4 is 5.32 Å². The van der Waals surface area contributed by atoms with Gasteiger partial charge in [0.1, 0.15) is 6.07 Å². The first-order chi connectivity index (χ1) is 7.78. The molecule has 1 aliphatic rings. The third-order valence-corrected chi connectivity index (χ3v) is 4.26. The summed E-state index contributed by atoms with van der Waals surface area (Å²) in [5.41, 5.74) is 0.901. The molecule has 0 saturated heterocycles. The van der Waals surface area contributed by atoms with E-state index >= 15 is 0 Å². The zero-order valence-electron chi connectivity index (χ0n) is 9.20. The third kappa shape index (κ3) is 2.43. The number of rotatable bonds is 5. The Balaban J connectivity index is 1.88. The molecule has 0 aromatic carbocycles. The van der Waals surface area contributed by atoms with Crippen LogP contribution in [0.2, 0.25) is 0 Å². The Labute approximate surface area is 99.7 Å². The molecule has 2 rings (SSSR count). The van der Waals surface area contributed by atoms with Crippen molar-refractivity contribution in [1.82, 2.24) is 5.32 Å². The second-order valence-electron chi connectivity index (χ2n) is 4.37. The lowest BCUT2D eigenvalue weighted by Gasteiger charge is -2.42. The highest BCUT2D eigenvalue weighted by Gasteiger charge is 2.35. The molecule has 86 valence electrons. The van der Waals surface area contributed by atoms with Gasteiger partial charge in [0, 0.05) is 28.9 Å². The average molecular weight is 236 g/mol. The lowest BCUT2D eigenvalue weighted by molar-refractivity contribution is 0.130. The van der Waals surface area contributed by atoms with E-state index in [9.17, 15) is 0 Å². The van der Waals surface area contributed by atoms with Gasteiger partial charge in [-0.2, -0.15) is 5.26 Å². The highest BCUT2D eigenvalue weighted by molar-refractivity contribution is 7.10. The van der Waals surface area contributed by atoms with E-state index in [1.54, 1.807) is 11.3 Å². The third-order valence-electron chi connectivity index (χ3n) is 3.32. The molecular weight excluding hydrogens is 220 g/mol. The topological polar surface area (TPSA) is 56.0 Å². The Morgan fingerprint density at radius 1 is 1.56 bits per heavy atom. The normalized spacial score (nSPS) is 17.8. The Hall–Kier alpha value is -0.890. The summed E-state index contributed by atoms with van der Waals surface area (Å²) in [6.07, 6.45) is 4.40. The van der Waals surface area contributed by atoms with Crippen molar-refractivity contribution in [2.45, 2.75) is 37.8 Å². The second-order valence-corrected chi connectivity index (χ2v) is 5.37. The number of nitrogens with one attached hydrogen (secondary N) is 1. The fourth-order valence-electron chi connectivity index (χ4n) is 2.14. The van der Waals surface area contributed by atoms with E-state index in [1.807, 2.05) is 11.4 Å². The second kappa shape index (κ2) is 4.96. The first-order valence-electron chi connectivity index (χ1n) is 5.61. The van der Waals surface area contributed by atoms with Crippen LogP contribution >= 0.6 is 11.3 Å². The van der Waals surface area contributed by atoms with E-state index in [2.05, 4.69) is 11.4 Å². The van der Waals surface area contributed by atoms with Crippen molar-refractivity contribution in [3.05, 3.63) is 21.9 Å². The van der Waals surface area contributed by atoms with Crippen LogP contribution in [-0.2, 0) is 6.54 Å². The molecule has 0 aliphatic heterocycles. The molecule has 0 amide bonds. The van der Waals surface area contributed by atoms with E-state index in [0.29, 0.717) is 0 Å². The predicted octanol–water partition coefficient (Wildman–Crippen LogP) is 2.01. The molecule has 1 aromatic heterocycles. The Bertz CT molecular complexity index is 390. The summed E-state index contributed by atoms with van der Waals surface area (Å²) in [6.45, 7) is 1.06. The van der Waals surface area contributed by atoms with Gasteiger partial charge < -0.3 is 10.4 Å². The van der Waals surface area contributed by atoms with Crippen molar-refractivity contribution in [2.75, 3.05) is 6.61 Å². The van der Waals surface area contributed by atoms with Gasteiger partial charge in [0.2, 0.25) is 0 Å². The van der Waals surface area contributed by atoms with Gasteiger partial charge in [0.25, 0.3) is 0 Å². The van der Waals surface area contributed by atoms with Crippen LogP contribution in [0.5, 0.6) is 0 Å². The van der Waals surface area contributed by atoms with Gasteiger partial charge in [-0.1, -0.05) is 0 Å². The standard InChI is InChI=1S/C12H16N2OS/c13-7-10-6-11(16-9-10)8-14-12(4-5-15)2-1-3-12/h6,9,14-15H,1-5,8H2. The number of nitriles is 1. The van der Waals surface area contributed by atoms with E-state index in [0.717, 1.165) is 31.4 Å². The zero-order chi connectivity index (χ0) is 11.4. The predicted molar refractivity (Wildman–Crippen MR) is 64.2 cm³/mol. The van der Waals surface area contributed by atoms with E-state index < -0.39 is 0 Å². The summed E-state index contributed by atoms with van der Waals surface area (Å²) in [5.74, 6) is 0. The monoisotopic (exact) mass is 236 g/mol. The van der Waals surface area contributed by atoms with Crippen LogP contribution in [0.15, 0.2) is 11.4 Å². The quantitative estimate of drug-likeness (QED) is 0.822. The fourth-order valence-corrected chi connectivity index (χ4v) is 2.89. The van der Waals surface area contributed by atoms with Crippen LogP contribution in [0, 0.1) is 11.3 Å². The minimum Gasteiger partial charge on any atom is -0.396 e. The largest absolute Gasteiger partial charge is 0.396 e. The number of aliphatic hydroxyl groups is 1. The average Bonchev–Trinajstić information content (AvgIpc) is 2.70. The Morgan fingerprint density at radius 2 is 2.38 bits per heavy atom. The van der Waals surface area contributed by atoms with Crippen molar-refractivity contribution in [1.29, 1.82) is 5.26 Å². The van der Waals surface area contributed by atoms with Crippen LogP contribution in [0.4, 0.5) is 0 Å². The van der Waals surface area contributed by atoms with Crippen molar-refractivity contribution in [3.8, 4) is 6.07 Å². The molecule has 1 aromatic rings. The van der Waals surface area contributed by atoms with Crippen molar-refractivity contribution < 1.29 is 5.11 Å². The molecule has 0 spiro atoms. The Morgan fingerprint density at radius 3 is 2.88 bits per heavy atom. The van der Waals surface area contributed by atoms with Gasteiger partial charge >= 0.3 is 0 Å². The lowest BCUT2D eigenvalue weighted by atomic mass is 9.74. The van der Waals surface area contributed by atoms with Crippen LogP contribution in [0.3, 0.4) is 0 Å². The van der Waals surface area contributed by atoms with Gasteiger partial charge in [-0.15, -0.1) is 11.3 Å². The molecule has 1 heterocycles. The molecule has 2 N–H and O–H groups in total. The lowest BCUT2D eigenvalue weighted by Crippen LogP contribution is -2.51. The molecule has 1 saturated carbocycles. The smallest absolute Gasteiger partial charge is 0.100 e. The molecule has 0 unspecified atom stereocenters. The van der Waals surface area contributed by atoms with Gasteiger partial charge in [-0.3, -0.25) is 0 Å². The first-order valence-corrected chi connectivity index (χ1v) is 6.49.